The number of ketones is 1. The maximum Gasteiger partial charge on any atom is 0.407 e. The number of nitrogen functional groups attached to an aromatic ring is 1. The fourth-order valence-electron chi connectivity index (χ4n) is 1.43. The van der Waals surface area contributed by atoms with Gasteiger partial charge in [0.1, 0.15) is 11.3 Å². The van der Waals surface area contributed by atoms with Crippen molar-refractivity contribution in [1.29, 1.82) is 0 Å². The number of hydrogen-bond acceptors (Lipinski definition) is 5. The Labute approximate surface area is 112 Å². The van der Waals surface area contributed by atoms with E-state index in [0.717, 1.165) is 0 Å². The van der Waals surface area contributed by atoms with Crippen molar-refractivity contribution in [3.63, 3.8) is 0 Å². The molecule has 0 fully saturated rings. The van der Waals surface area contributed by atoms with E-state index in [9.17, 15) is 9.59 Å². The van der Waals surface area contributed by atoms with Crippen molar-refractivity contribution in [1.82, 2.24) is 10.3 Å². The van der Waals surface area contributed by atoms with Gasteiger partial charge >= 0.3 is 6.09 Å². The van der Waals surface area contributed by atoms with Gasteiger partial charge < -0.3 is 15.8 Å². The Balaban J connectivity index is 2.71. The summed E-state index contributed by atoms with van der Waals surface area (Å²) in [6.07, 6.45) is 0.951. The molecule has 0 unspecified atom stereocenters. The largest absolute Gasteiger partial charge is 0.444 e. The van der Waals surface area contributed by atoms with Crippen molar-refractivity contribution in [2.45, 2.75) is 39.8 Å². The second-order valence-corrected chi connectivity index (χ2v) is 5.14. The molecule has 6 nitrogen and oxygen atoms in total. The van der Waals surface area contributed by atoms with Gasteiger partial charge in [-0.3, -0.25) is 9.78 Å². The Hall–Kier alpha value is -2.11. The van der Waals surface area contributed by atoms with Crippen LogP contribution in [0.4, 0.5) is 10.5 Å². The quantitative estimate of drug-likeness (QED) is 0.814. The number of ether oxygens (including phenoxy) is 1. The molecule has 0 saturated heterocycles. The first-order valence-electron chi connectivity index (χ1n) is 5.92. The van der Waals surface area contributed by atoms with Crippen LogP contribution in [-0.4, -0.2) is 22.5 Å². The number of amides is 1. The van der Waals surface area contributed by atoms with Crippen molar-refractivity contribution in [3.8, 4) is 0 Å². The molecule has 6 heteroatoms. The Morgan fingerprint density at radius 2 is 2.05 bits per heavy atom. The Morgan fingerprint density at radius 3 is 2.58 bits per heavy atom. The third-order valence-electron chi connectivity index (χ3n) is 2.24. The smallest absolute Gasteiger partial charge is 0.407 e. The molecule has 0 spiro atoms. The molecule has 1 heterocycles. The van der Waals surface area contributed by atoms with Crippen LogP contribution in [0.5, 0.6) is 0 Å². The Bertz CT molecular complexity index is 492. The van der Waals surface area contributed by atoms with Gasteiger partial charge in [-0.1, -0.05) is 0 Å². The second-order valence-electron chi connectivity index (χ2n) is 5.14. The molecule has 104 valence electrons. The normalized spacial score (nSPS) is 10.9. The minimum absolute atomic E-state index is 0.184. The van der Waals surface area contributed by atoms with Gasteiger partial charge in [-0.05, 0) is 32.4 Å². The summed E-state index contributed by atoms with van der Waals surface area (Å²) in [6, 6.07) is 1.65. The van der Waals surface area contributed by atoms with E-state index in [1.807, 2.05) is 0 Å². The number of carbonyl (C=O) groups is 2. The number of alkyl carbamates (subject to hydrolysis) is 1. The standard InChI is InChI=1S/C13H19N3O3/c1-8(17)11-10(14)9(5-6-15-11)7-16-12(18)19-13(2,3)4/h5-6H,7,14H2,1-4H3,(H,16,18). The highest BCUT2D eigenvalue weighted by molar-refractivity contribution is 5.97. The summed E-state index contributed by atoms with van der Waals surface area (Å²) >= 11 is 0. The van der Waals surface area contributed by atoms with Crippen LogP contribution in [0.3, 0.4) is 0 Å². The molecule has 0 saturated carbocycles. The maximum atomic E-state index is 11.5. The number of anilines is 1. The number of nitrogens with zero attached hydrogens (tertiary/aromatic N) is 1. The number of carbonyl (C=O) groups excluding carboxylic acids is 2. The lowest BCUT2D eigenvalue weighted by Crippen LogP contribution is -2.32. The van der Waals surface area contributed by atoms with E-state index >= 15 is 0 Å². The number of nitrogens with one attached hydrogen (secondary N) is 1. The summed E-state index contributed by atoms with van der Waals surface area (Å²) in [6.45, 7) is 6.91. The molecule has 1 aromatic rings. The zero-order valence-electron chi connectivity index (χ0n) is 11.6. The van der Waals surface area contributed by atoms with E-state index in [-0.39, 0.29) is 23.7 Å². The van der Waals surface area contributed by atoms with Crippen LogP contribution in [0.15, 0.2) is 12.3 Å². The third-order valence-corrected chi connectivity index (χ3v) is 2.24. The van der Waals surface area contributed by atoms with E-state index in [4.69, 9.17) is 10.5 Å². The number of Topliss-reactive ketones (excluding diaryl/α,β-unsaturated/α-hetero) is 1. The monoisotopic (exact) mass is 265 g/mol. The van der Waals surface area contributed by atoms with Crippen LogP contribution in [0.1, 0.15) is 43.7 Å². The summed E-state index contributed by atoms with van der Waals surface area (Å²) in [5.41, 5.74) is 6.39. The molecule has 3 N–H and O–H groups in total. The van der Waals surface area contributed by atoms with Crippen LogP contribution in [0.2, 0.25) is 0 Å². The van der Waals surface area contributed by atoms with Crippen LogP contribution >= 0.6 is 0 Å². The average molecular weight is 265 g/mol. The molecule has 0 bridgehead atoms. The number of aromatic nitrogens is 1. The highest BCUT2D eigenvalue weighted by Gasteiger charge is 2.16. The first kappa shape index (κ1) is 14.9. The van der Waals surface area contributed by atoms with Crippen LogP contribution in [0.25, 0.3) is 0 Å². The highest BCUT2D eigenvalue weighted by Crippen LogP contribution is 2.15. The van der Waals surface area contributed by atoms with E-state index in [2.05, 4.69) is 10.3 Å². The molecular weight excluding hydrogens is 246 g/mol. The van der Waals surface area contributed by atoms with Gasteiger partial charge in [0.05, 0.1) is 5.69 Å². The van der Waals surface area contributed by atoms with Gasteiger partial charge in [-0.2, -0.15) is 0 Å². The lowest BCUT2D eigenvalue weighted by Gasteiger charge is -2.20. The number of pyridine rings is 1. The minimum Gasteiger partial charge on any atom is -0.444 e. The number of hydrogen-bond donors (Lipinski definition) is 2. The Morgan fingerprint density at radius 1 is 1.42 bits per heavy atom. The minimum atomic E-state index is -0.557. The van der Waals surface area contributed by atoms with Gasteiger partial charge in [0.25, 0.3) is 0 Å². The summed E-state index contributed by atoms with van der Waals surface area (Å²) in [7, 11) is 0. The topological polar surface area (TPSA) is 94.3 Å². The first-order valence-corrected chi connectivity index (χ1v) is 5.92. The van der Waals surface area contributed by atoms with Gasteiger partial charge in [0, 0.05) is 19.7 Å². The van der Waals surface area contributed by atoms with Crippen LogP contribution in [0, 0.1) is 0 Å². The molecule has 0 atom stereocenters. The Kier molecular flexibility index (Phi) is 4.47. The summed E-state index contributed by atoms with van der Waals surface area (Å²) in [4.78, 5) is 26.7. The molecule has 1 aromatic heterocycles. The zero-order chi connectivity index (χ0) is 14.6. The second kappa shape index (κ2) is 5.69. The fourth-order valence-corrected chi connectivity index (χ4v) is 1.43. The lowest BCUT2D eigenvalue weighted by molar-refractivity contribution is 0.0523. The van der Waals surface area contributed by atoms with Crippen LogP contribution in [-0.2, 0) is 11.3 Å². The molecule has 0 aliphatic rings. The van der Waals surface area contributed by atoms with E-state index in [0.29, 0.717) is 5.56 Å². The molecule has 0 aliphatic carbocycles. The first-order chi connectivity index (χ1) is 8.70. The van der Waals surface area contributed by atoms with Gasteiger partial charge in [-0.15, -0.1) is 0 Å². The summed E-state index contributed by atoms with van der Waals surface area (Å²) in [5.74, 6) is -0.211. The fraction of sp³-hybridized carbons (Fsp3) is 0.462. The summed E-state index contributed by atoms with van der Waals surface area (Å²) in [5, 5.41) is 2.58. The predicted molar refractivity (Wildman–Crippen MR) is 71.7 cm³/mol. The molecule has 19 heavy (non-hydrogen) atoms. The van der Waals surface area contributed by atoms with Gasteiger partial charge in [0.2, 0.25) is 0 Å². The van der Waals surface area contributed by atoms with E-state index in [1.54, 1.807) is 26.8 Å². The lowest BCUT2D eigenvalue weighted by atomic mass is 10.1. The summed E-state index contributed by atoms with van der Waals surface area (Å²) < 4.78 is 5.10. The average Bonchev–Trinajstić information content (AvgIpc) is 2.24. The van der Waals surface area contributed by atoms with Gasteiger partial charge in [-0.25, -0.2) is 4.79 Å². The van der Waals surface area contributed by atoms with Crippen molar-refractivity contribution in [2.75, 3.05) is 5.73 Å². The molecule has 0 radical (unpaired) electrons. The third kappa shape index (κ3) is 4.57. The van der Waals surface area contributed by atoms with Crippen LogP contribution < -0.4 is 11.1 Å². The van der Waals surface area contributed by atoms with Crippen molar-refractivity contribution < 1.29 is 14.3 Å². The van der Waals surface area contributed by atoms with Crippen molar-refractivity contribution in [2.24, 2.45) is 0 Å². The number of nitrogens with two attached hydrogens (primary N) is 1. The van der Waals surface area contributed by atoms with Gasteiger partial charge in [0.15, 0.2) is 5.78 Å². The molecule has 0 aromatic carbocycles. The molecule has 1 rings (SSSR count). The SMILES string of the molecule is CC(=O)c1nccc(CNC(=O)OC(C)(C)C)c1N. The highest BCUT2D eigenvalue weighted by atomic mass is 16.6. The maximum absolute atomic E-state index is 11.5. The van der Waals surface area contributed by atoms with E-state index in [1.165, 1.54) is 13.1 Å². The van der Waals surface area contributed by atoms with Crippen molar-refractivity contribution in [3.05, 3.63) is 23.5 Å². The predicted octanol–water partition coefficient (Wildman–Crippen LogP) is 1.89. The molecule has 0 aliphatic heterocycles. The molecular formula is C13H19N3O3. The van der Waals surface area contributed by atoms with Crippen molar-refractivity contribution >= 4 is 17.6 Å². The zero-order valence-corrected chi connectivity index (χ0v) is 11.6. The molecule has 1 amide bonds. The number of rotatable bonds is 3. The van der Waals surface area contributed by atoms with E-state index < -0.39 is 11.7 Å².